The number of H-pyrrole nitrogens is 1. The minimum atomic E-state index is 0.570. The maximum Gasteiger partial charge on any atom is 0.213 e. The zero-order valence-corrected chi connectivity index (χ0v) is 12.3. The van der Waals surface area contributed by atoms with Crippen molar-refractivity contribution in [3.63, 3.8) is 0 Å². The lowest BCUT2D eigenvalue weighted by atomic mass is 10.2. The Labute approximate surface area is 124 Å². The van der Waals surface area contributed by atoms with Crippen molar-refractivity contribution in [1.29, 1.82) is 0 Å². The average Bonchev–Trinajstić information content (AvgIpc) is 3.15. The summed E-state index contributed by atoms with van der Waals surface area (Å²) >= 11 is 1.60. The van der Waals surface area contributed by atoms with E-state index >= 15 is 0 Å². The molecule has 3 heterocycles. The number of hydrogen-bond acceptors (Lipinski definition) is 5. The minimum Gasteiger partial charge on any atom is -0.383 e. The van der Waals surface area contributed by atoms with Crippen LogP contribution in [0.5, 0.6) is 0 Å². The van der Waals surface area contributed by atoms with Gasteiger partial charge in [-0.1, -0.05) is 36.8 Å². The number of anilines is 1. The van der Waals surface area contributed by atoms with Gasteiger partial charge < -0.3 is 5.73 Å². The Kier molecular flexibility index (Phi) is 2.68. The molecule has 0 spiro atoms. The van der Waals surface area contributed by atoms with E-state index in [-0.39, 0.29) is 0 Å². The lowest BCUT2D eigenvalue weighted by Crippen LogP contribution is -1.98. The number of rotatable bonds is 3. The summed E-state index contributed by atoms with van der Waals surface area (Å²) < 4.78 is 2.93. The van der Waals surface area contributed by atoms with Crippen LogP contribution >= 0.6 is 11.3 Å². The van der Waals surface area contributed by atoms with Gasteiger partial charge in [-0.05, 0) is 18.6 Å². The van der Waals surface area contributed by atoms with Gasteiger partial charge >= 0.3 is 0 Å². The Balaban J connectivity index is 1.97. The van der Waals surface area contributed by atoms with E-state index in [0.29, 0.717) is 5.82 Å². The zero-order valence-electron chi connectivity index (χ0n) is 11.5. The summed E-state index contributed by atoms with van der Waals surface area (Å²) in [5, 5.41) is 13.5. The molecule has 0 saturated heterocycles. The molecule has 4 aromatic rings. The Bertz CT molecular complexity index is 899. The summed E-state index contributed by atoms with van der Waals surface area (Å²) in [6.45, 7) is 2.12. The first-order chi connectivity index (χ1) is 10.3. The maximum absolute atomic E-state index is 5.99. The number of nitrogens with one attached hydrogen (secondary N) is 1. The van der Waals surface area contributed by atoms with Crippen molar-refractivity contribution >= 4 is 38.4 Å². The maximum atomic E-state index is 5.99. The first-order valence-electron chi connectivity index (χ1n) is 6.85. The fourth-order valence-corrected chi connectivity index (χ4v) is 3.42. The van der Waals surface area contributed by atoms with Gasteiger partial charge in [0, 0.05) is 0 Å². The summed E-state index contributed by atoms with van der Waals surface area (Å²) in [6, 6.07) is 8.06. The van der Waals surface area contributed by atoms with Crippen molar-refractivity contribution in [2.24, 2.45) is 0 Å². The van der Waals surface area contributed by atoms with Gasteiger partial charge in [0.2, 0.25) is 5.13 Å². The van der Waals surface area contributed by atoms with Gasteiger partial charge in [-0.3, -0.25) is 5.10 Å². The molecule has 0 radical (unpaired) electrons. The van der Waals surface area contributed by atoms with Crippen LogP contribution in [0.3, 0.4) is 0 Å². The fourth-order valence-electron chi connectivity index (χ4n) is 2.50. The Hall–Kier alpha value is -2.41. The predicted octanol–water partition coefficient (Wildman–Crippen LogP) is 2.89. The van der Waals surface area contributed by atoms with Crippen LogP contribution in [-0.4, -0.2) is 25.0 Å². The van der Waals surface area contributed by atoms with E-state index in [1.165, 1.54) is 0 Å². The van der Waals surface area contributed by atoms with Crippen LogP contribution in [-0.2, 0) is 6.42 Å². The highest BCUT2D eigenvalue weighted by Gasteiger charge is 2.19. The Morgan fingerprint density at radius 2 is 2.19 bits per heavy atom. The molecule has 1 aromatic carbocycles. The Morgan fingerprint density at radius 1 is 1.33 bits per heavy atom. The summed E-state index contributed by atoms with van der Waals surface area (Å²) in [6.07, 6.45) is 1.88. The van der Waals surface area contributed by atoms with Crippen molar-refractivity contribution in [3.8, 4) is 5.13 Å². The number of aromatic amines is 1. The number of nitrogen functional groups attached to an aromatic ring is 1. The number of nitrogens with zero attached hydrogens (tertiary/aromatic N) is 4. The van der Waals surface area contributed by atoms with Gasteiger partial charge in [-0.2, -0.15) is 14.9 Å². The molecule has 0 saturated carbocycles. The third-order valence-corrected chi connectivity index (χ3v) is 4.45. The van der Waals surface area contributed by atoms with Gasteiger partial charge in [-0.25, -0.2) is 4.98 Å². The van der Waals surface area contributed by atoms with E-state index in [1.807, 2.05) is 18.2 Å². The molecule has 0 amide bonds. The second kappa shape index (κ2) is 4.56. The first-order valence-corrected chi connectivity index (χ1v) is 7.67. The van der Waals surface area contributed by atoms with Crippen LogP contribution in [0, 0.1) is 0 Å². The molecular weight excluding hydrogens is 284 g/mol. The normalized spacial score (nSPS) is 11.7. The quantitative estimate of drug-likeness (QED) is 0.609. The highest BCUT2D eigenvalue weighted by Crippen LogP contribution is 2.29. The van der Waals surface area contributed by atoms with E-state index in [0.717, 1.165) is 44.9 Å². The van der Waals surface area contributed by atoms with Gasteiger partial charge in [0.15, 0.2) is 5.65 Å². The molecule has 0 fully saturated rings. The van der Waals surface area contributed by atoms with Crippen molar-refractivity contribution in [2.45, 2.75) is 19.8 Å². The summed E-state index contributed by atoms with van der Waals surface area (Å²) in [4.78, 5) is 4.64. The molecule has 0 aliphatic heterocycles. The monoisotopic (exact) mass is 298 g/mol. The van der Waals surface area contributed by atoms with Crippen LogP contribution in [0.15, 0.2) is 24.3 Å². The molecule has 106 valence electrons. The standard InChI is InChI=1S/C14H14N6S/c1-2-5-9-11-12(15)17-18-13(11)20(19-9)14-16-8-6-3-4-7-10(8)21-14/h3-4,6-7H,2,5H2,1H3,(H3,15,17,18). The number of hydrogen-bond donors (Lipinski definition) is 2. The number of nitrogens with two attached hydrogens (primary N) is 1. The Morgan fingerprint density at radius 3 is 3.00 bits per heavy atom. The van der Waals surface area contributed by atoms with Crippen molar-refractivity contribution < 1.29 is 0 Å². The van der Waals surface area contributed by atoms with E-state index in [4.69, 9.17) is 5.73 Å². The van der Waals surface area contributed by atoms with Gasteiger partial charge in [0.25, 0.3) is 0 Å². The number of fused-ring (bicyclic) bond motifs is 2. The van der Waals surface area contributed by atoms with Crippen LogP contribution in [0.25, 0.3) is 26.4 Å². The lowest BCUT2D eigenvalue weighted by Gasteiger charge is -1.94. The molecule has 4 rings (SSSR count). The van der Waals surface area contributed by atoms with Crippen LogP contribution < -0.4 is 5.73 Å². The van der Waals surface area contributed by atoms with E-state index in [9.17, 15) is 0 Å². The molecule has 0 atom stereocenters. The van der Waals surface area contributed by atoms with Gasteiger partial charge in [-0.15, -0.1) is 0 Å². The average molecular weight is 298 g/mol. The SMILES string of the molecule is CCCc1nn(-c2nc3ccccc3s2)c2n[nH]c(N)c12. The van der Waals surface area contributed by atoms with Crippen LogP contribution in [0.2, 0.25) is 0 Å². The van der Waals surface area contributed by atoms with E-state index in [1.54, 1.807) is 16.0 Å². The molecule has 6 nitrogen and oxygen atoms in total. The summed E-state index contributed by atoms with van der Waals surface area (Å²) in [5.41, 5.74) is 8.67. The van der Waals surface area contributed by atoms with Crippen molar-refractivity contribution in [3.05, 3.63) is 30.0 Å². The number of aromatic nitrogens is 5. The third kappa shape index (κ3) is 1.81. The molecule has 3 N–H and O–H groups in total. The number of para-hydroxylation sites is 1. The molecule has 3 aromatic heterocycles. The predicted molar refractivity (Wildman–Crippen MR) is 84.8 cm³/mol. The van der Waals surface area contributed by atoms with Crippen LogP contribution in [0.4, 0.5) is 5.82 Å². The number of aryl methyl sites for hydroxylation is 1. The van der Waals surface area contributed by atoms with E-state index < -0.39 is 0 Å². The minimum absolute atomic E-state index is 0.570. The molecular formula is C14H14N6S. The highest BCUT2D eigenvalue weighted by molar-refractivity contribution is 7.20. The number of benzene rings is 1. The fraction of sp³-hybridized carbons (Fsp3) is 0.214. The summed E-state index contributed by atoms with van der Waals surface area (Å²) in [5.74, 6) is 0.570. The second-order valence-electron chi connectivity index (χ2n) is 4.91. The first kappa shape index (κ1) is 12.3. The molecule has 21 heavy (non-hydrogen) atoms. The highest BCUT2D eigenvalue weighted by atomic mass is 32.1. The lowest BCUT2D eigenvalue weighted by molar-refractivity contribution is 0.807. The van der Waals surface area contributed by atoms with Crippen LogP contribution in [0.1, 0.15) is 19.0 Å². The molecule has 0 bridgehead atoms. The number of thiazole rings is 1. The molecule has 7 heteroatoms. The smallest absolute Gasteiger partial charge is 0.213 e. The van der Waals surface area contributed by atoms with Gasteiger partial charge in [0.1, 0.15) is 5.82 Å². The molecule has 0 aliphatic carbocycles. The topological polar surface area (TPSA) is 85.4 Å². The molecule has 0 aliphatic rings. The third-order valence-electron chi connectivity index (χ3n) is 3.44. The van der Waals surface area contributed by atoms with E-state index in [2.05, 4.69) is 33.3 Å². The van der Waals surface area contributed by atoms with Crippen molar-refractivity contribution in [1.82, 2.24) is 25.0 Å². The largest absolute Gasteiger partial charge is 0.383 e. The zero-order chi connectivity index (χ0) is 14.4. The molecule has 0 unspecified atom stereocenters. The van der Waals surface area contributed by atoms with Crippen molar-refractivity contribution in [2.75, 3.05) is 5.73 Å². The summed E-state index contributed by atoms with van der Waals surface area (Å²) in [7, 11) is 0. The van der Waals surface area contributed by atoms with Gasteiger partial charge in [0.05, 0.1) is 21.3 Å². The second-order valence-corrected chi connectivity index (χ2v) is 5.92.